The summed E-state index contributed by atoms with van der Waals surface area (Å²) >= 11 is 6.43. The molecule has 2 atom stereocenters. The Labute approximate surface area is 182 Å². The van der Waals surface area contributed by atoms with Crippen LogP contribution in [-0.2, 0) is 10.3 Å². The van der Waals surface area contributed by atoms with E-state index in [4.69, 9.17) is 16.3 Å². The number of rotatable bonds is 4. The van der Waals surface area contributed by atoms with E-state index in [1.54, 1.807) is 0 Å². The van der Waals surface area contributed by atoms with E-state index in [0.29, 0.717) is 18.6 Å². The maximum Gasteiger partial charge on any atom is 0.223 e. The minimum Gasteiger partial charge on any atom is -0.389 e. The Balaban J connectivity index is 1.78. The number of aliphatic hydroxyl groups is 2. The lowest BCUT2D eigenvalue weighted by Gasteiger charge is -2.28. The molecule has 1 aromatic carbocycles. The Morgan fingerprint density at radius 1 is 1.19 bits per heavy atom. The second-order valence-corrected chi connectivity index (χ2v) is 8.35. The van der Waals surface area contributed by atoms with Crippen molar-refractivity contribution in [3.63, 3.8) is 0 Å². The molecule has 1 fully saturated rings. The zero-order chi connectivity index (χ0) is 22.3. The fraction of sp³-hybridized carbons (Fsp3) is 0.381. The average Bonchev–Trinajstić information content (AvgIpc) is 2.71. The van der Waals surface area contributed by atoms with Gasteiger partial charge in [-0.05, 0) is 32.4 Å². The van der Waals surface area contributed by atoms with Gasteiger partial charge in [-0.25, -0.2) is 18.7 Å². The Morgan fingerprint density at radius 2 is 1.97 bits per heavy atom. The van der Waals surface area contributed by atoms with Gasteiger partial charge in [-0.3, -0.25) is 4.98 Å². The van der Waals surface area contributed by atoms with Gasteiger partial charge < -0.3 is 20.3 Å². The fourth-order valence-electron chi connectivity index (χ4n) is 3.49. The number of aliphatic hydroxyl groups excluding tert-OH is 1. The number of aromatic nitrogens is 3. The molecule has 1 aliphatic heterocycles. The Morgan fingerprint density at radius 3 is 2.68 bits per heavy atom. The first kappa shape index (κ1) is 21.8. The minimum atomic E-state index is -1.30. The van der Waals surface area contributed by atoms with Gasteiger partial charge in [0.2, 0.25) is 5.95 Å². The number of ether oxygens (including phenoxy) is 1. The van der Waals surface area contributed by atoms with Crippen molar-refractivity contribution in [1.82, 2.24) is 15.0 Å². The van der Waals surface area contributed by atoms with Gasteiger partial charge in [0.1, 0.15) is 17.0 Å². The summed E-state index contributed by atoms with van der Waals surface area (Å²) in [5.74, 6) is -1.36. The number of hydrogen-bond donors (Lipinski definition) is 3. The standard InChI is InChI=1S/C21H21ClF2N4O3/c1-21(2,30)12-7-25-19-11(17(12)22)5-10(6-13(19)23)18-14(24)8-26-20(28-18)27-15-3-4-31-9-16(15)29/h5-8,15-16,29-30H,3-4,9H2,1-2H3,(H,26,27,28)/t15-,16-/m1/s1. The van der Waals surface area contributed by atoms with Crippen LogP contribution in [0.15, 0.2) is 24.5 Å². The molecule has 10 heteroatoms. The highest BCUT2D eigenvalue weighted by atomic mass is 35.5. The summed E-state index contributed by atoms with van der Waals surface area (Å²) in [6.45, 7) is 3.72. The van der Waals surface area contributed by atoms with Crippen LogP contribution in [0.5, 0.6) is 0 Å². The lowest BCUT2D eigenvalue weighted by atomic mass is 9.97. The van der Waals surface area contributed by atoms with Gasteiger partial charge in [0.25, 0.3) is 0 Å². The van der Waals surface area contributed by atoms with Gasteiger partial charge in [-0.2, -0.15) is 0 Å². The molecule has 0 aliphatic carbocycles. The highest BCUT2D eigenvalue weighted by Crippen LogP contribution is 2.36. The molecule has 7 nitrogen and oxygen atoms in total. The summed E-state index contributed by atoms with van der Waals surface area (Å²) in [6, 6.07) is 2.24. The van der Waals surface area contributed by atoms with Crippen LogP contribution in [0.4, 0.5) is 14.7 Å². The van der Waals surface area contributed by atoms with Crippen LogP contribution in [0, 0.1) is 11.6 Å². The van der Waals surface area contributed by atoms with E-state index in [-0.39, 0.29) is 45.8 Å². The summed E-state index contributed by atoms with van der Waals surface area (Å²) in [7, 11) is 0. The molecule has 2 aromatic heterocycles. The van der Waals surface area contributed by atoms with Crippen LogP contribution in [0.2, 0.25) is 5.02 Å². The second kappa shape index (κ2) is 8.23. The average molecular weight is 451 g/mol. The van der Waals surface area contributed by atoms with Crippen molar-refractivity contribution in [2.75, 3.05) is 18.5 Å². The lowest BCUT2D eigenvalue weighted by molar-refractivity contribution is -0.0136. The number of nitrogens with zero attached hydrogens (tertiary/aromatic N) is 3. The number of pyridine rings is 1. The summed E-state index contributed by atoms with van der Waals surface area (Å²) in [5, 5.41) is 23.7. The molecule has 1 saturated heterocycles. The molecular formula is C21H21ClF2N4O3. The highest BCUT2D eigenvalue weighted by Gasteiger charge is 2.26. The van der Waals surface area contributed by atoms with Crippen LogP contribution in [0.25, 0.3) is 22.2 Å². The molecule has 3 heterocycles. The van der Waals surface area contributed by atoms with Gasteiger partial charge in [0, 0.05) is 29.3 Å². The van der Waals surface area contributed by atoms with E-state index in [2.05, 4.69) is 20.3 Å². The molecule has 31 heavy (non-hydrogen) atoms. The van der Waals surface area contributed by atoms with Crippen LogP contribution >= 0.6 is 11.6 Å². The molecule has 3 aromatic rings. The number of fused-ring (bicyclic) bond motifs is 1. The maximum absolute atomic E-state index is 14.8. The number of benzene rings is 1. The van der Waals surface area contributed by atoms with E-state index < -0.39 is 23.3 Å². The summed E-state index contributed by atoms with van der Waals surface area (Å²) in [5.41, 5.74) is -0.981. The van der Waals surface area contributed by atoms with E-state index in [1.807, 2.05) is 0 Å². The molecule has 1 aliphatic rings. The third-order valence-corrected chi connectivity index (χ3v) is 5.58. The van der Waals surface area contributed by atoms with Gasteiger partial charge in [-0.15, -0.1) is 0 Å². The molecule has 4 rings (SSSR count). The van der Waals surface area contributed by atoms with Crippen LogP contribution in [0.1, 0.15) is 25.8 Å². The number of anilines is 1. The Hall–Kier alpha value is -2.46. The Kier molecular flexibility index (Phi) is 5.78. The first-order valence-electron chi connectivity index (χ1n) is 9.71. The van der Waals surface area contributed by atoms with Crippen molar-refractivity contribution in [2.45, 2.75) is 38.0 Å². The van der Waals surface area contributed by atoms with Crippen molar-refractivity contribution in [3.8, 4) is 11.3 Å². The molecule has 3 N–H and O–H groups in total. The topological polar surface area (TPSA) is 100 Å². The summed E-state index contributed by atoms with van der Waals surface area (Å²) in [6.07, 6.45) is 2.07. The predicted molar refractivity (Wildman–Crippen MR) is 112 cm³/mol. The van der Waals surface area contributed by atoms with E-state index >= 15 is 0 Å². The third-order valence-electron chi connectivity index (χ3n) is 5.18. The van der Waals surface area contributed by atoms with Crippen molar-refractivity contribution in [2.24, 2.45) is 0 Å². The van der Waals surface area contributed by atoms with E-state index in [1.165, 1.54) is 26.1 Å². The third kappa shape index (κ3) is 4.31. The normalized spacial score (nSPS) is 19.6. The highest BCUT2D eigenvalue weighted by molar-refractivity contribution is 6.36. The SMILES string of the molecule is CC(C)(O)c1cnc2c(F)cc(-c3nc(N[C@@H]4CCOC[C@H]4O)ncc3F)cc2c1Cl. The largest absolute Gasteiger partial charge is 0.389 e. The molecule has 0 spiro atoms. The molecule has 0 radical (unpaired) electrons. The monoisotopic (exact) mass is 450 g/mol. The maximum atomic E-state index is 14.8. The molecule has 164 valence electrons. The fourth-order valence-corrected chi connectivity index (χ4v) is 3.91. The smallest absolute Gasteiger partial charge is 0.223 e. The van der Waals surface area contributed by atoms with Crippen molar-refractivity contribution in [1.29, 1.82) is 0 Å². The minimum absolute atomic E-state index is 0.000101. The van der Waals surface area contributed by atoms with Gasteiger partial charge in [0.15, 0.2) is 5.82 Å². The first-order valence-corrected chi connectivity index (χ1v) is 10.1. The number of hydrogen-bond acceptors (Lipinski definition) is 7. The van der Waals surface area contributed by atoms with Gasteiger partial charge in [-0.1, -0.05) is 11.6 Å². The summed E-state index contributed by atoms with van der Waals surface area (Å²) in [4.78, 5) is 12.2. The van der Waals surface area contributed by atoms with Crippen molar-refractivity contribution < 1.29 is 23.7 Å². The van der Waals surface area contributed by atoms with Crippen LogP contribution < -0.4 is 5.32 Å². The first-order chi connectivity index (χ1) is 14.6. The molecule has 0 saturated carbocycles. The van der Waals surface area contributed by atoms with E-state index in [0.717, 1.165) is 12.3 Å². The van der Waals surface area contributed by atoms with Crippen LogP contribution in [-0.4, -0.2) is 50.5 Å². The van der Waals surface area contributed by atoms with Crippen LogP contribution in [0.3, 0.4) is 0 Å². The van der Waals surface area contributed by atoms with Crippen molar-refractivity contribution in [3.05, 3.63) is 46.7 Å². The molecular weight excluding hydrogens is 430 g/mol. The van der Waals surface area contributed by atoms with Gasteiger partial charge in [0.05, 0.1) is 35.6 Å². The molecule has 0 amide bonds. The number of nitrogens with one attached hydrogen (secondary N) is 1. The van der Waals surface area contributed by atoms with Gasteiger partial charge >= 0.3 is 0 Å². The zero-order valence-electron chi connectivity index (χ0n) is 16.9. The number of halogens is 3. The molecule has 0 unspecified atom stereocenters. The second-order valence-electron chi connectivity index (χ2n) is 7.97. The lowest BCUT2D eigenvalue weighted by Crippen LogP contribution is -2.42. The zero-order valence-corrected chi connectivity index (χ0v) is 17.6. The quantitative estimate of drug-likeness (QED) is 0.560. The predicted octanol–water partition coefficient (Wildman–Crippen LogP) is 3.41. The van der Waals surface area contributed by atoms with Crippen molar-refractivity contribution >= 4 is 28.5 Å². The summed E-state index contributed by atoms with van der Waals surface area (Å²) < 4.78 is 34.6. The van der Waals surface area contributed by atoms with E-state index in [9.17, 15) is 19.0 Å². The Bertz CT molecular complexity index is 1140. The molecule has 0 bridgehead atoms.